The van der Waals surface area contributed by atoms with E-state index in [0.29, 0.717) is 25.9 Å². The Labute approximate surface area is 181 Å². The highest BCUT2D eigenvalue weighted by Gasteiger charge is 2.17. The molecule has 30 heavy (non-hydrogen) atoms. The summed E-state index contributed by atoms with van der Waals surface area (Å²) >= 11 is 0. The molecule has 0 radical (unpaired) electrons. The van der Waals surface area contributed by atoms with Gasteiger partial charge in [-0.15, -0.1) is 0 Å². The smallest absolute Gasteiger partial charge is 0.239 e. The topological polar surface area (TPSA) is 199 Å². The van der Waals surface area contributed by atoms with Crippen LogP contribution >= 0.6 is 0 Å². The number of hydrogen-bond donors (Lipinski definition) is 7. The molecule has 0 heterocycles. The maximum absolute atomic E-state index is 12.0. The van der Waals surface area contributed by atoms with E-state index < -0.39 is 0 Å². The molecule has 1 atom stereocenters. The molecule has 0 fully saturated rings. The van der Waals surface area contributed by atoms with Crippen LogP contribution in [0.3, 0.4) is 0 Å². The van der Waals surface area contributed by atoms with E-state index in [-0.39, 0.29) is 42.4 Å². The fourth-order valence-corrected chi connectivity index (χ4v) is 1.98. The van der Waals surface area contributed by atoms with Crippen molar-refractivity contribution in [2.45, 2.75) is 72.9 Å². The average molecular weight is 432 g/mol. The number of rotatable bonds is 12. The van der Waals surface area contributed by atoms with Crippen molar-refractivity contribution in [3.05, 3.63) is 0 Å². The molecule has 0 aromatic heterocycles. The van der Waals surface area contributed by atoms with Gasteiger partial charge in [-0.2, -0.15) is 0 Å². The molecule has 11 N–H and O–H groups in total. The van der Waals surface area contributed by atoms with Gasteiger partial charge in [0.15, 0.2) is 11.9 Å². The average Bonchev–Trinajstić information content (AvgIpc) is 2.68. The maximum atomic E-state index is 12.0. The van der Waals surface area contributed by atoms with Gasteiger partial charge in [0.2, 0.25) is 11.8 Å². The van der Waals surface area contributed by atoms with Crippen molar-refractivity contribution >= 4 is 23.7 Å². The summed E-state index contributed by atoms with van der Waals surface area (Å²) in [5.41, 5.74) is 20.5. The second kappa shape index (κ2) is 22.7. The lowest BCUT2D eigenvalue weighted by Gasteiger charge is -2.17. The molecule has 2 amide bonds. The number of nitrogens with two attached hydrogens (primary N) is 4. The molecule has 0 saturated heterocycles. The Morgan fingerprint density at radius 1 is 0.933 bits per heavy atom. The first-order valence-corrected chi connectivity index (χ1v) is 10.5. The van der Waals surface area contributed by atoms with Crippen LogP contribution in [0, 0.1) is 0 Å². The van der Waals surface area contributed by atoms with E-state index in [1.807, 2.05) is 41.5 Å². The second-order valence-electron chi connectivity index (χ2n) is 6.31. The number of amides is 2. The number of nitrogens with one attached hydrogen (secondary N) is 3. The number of carbonyl (C=O) groups is 2. The fourth-order valence-electron chi connectivity index (χ4n) is 1.98. The van der Waals surface area contributed by atoms with Crippen molar-refractivity contribution in [2.24, 2.45) is 32.9 Å². The van der Waals surface area contributed by atoms with Gasteiger partial charge in [-0.25, -0.2) is 0 Å². The molecular formula is C19H45N9O2. The van der Waals surface area contributed by atoms with Crippen LogP contribution in [0.1, 0.15) is 60.8 Å². The van der Waals surface area contributed by atoms with E-state index in [1.165, 1.54) is 0 Å². The minimum absolute atomic E-state index is 0.0210. The SMILES string of the molecule is CC.CCCN=C(N)N.CCNC(CCCN=C(N)N)C(=O)NCC(=O)NC(C)C. The first-order chi connectivity index (χ1) is 14.1. The van der Waals surface area contributed by atoms with Crippen LogP contribution in [0.2, 0.25) is 0 Å². The highest BCUT2D eigenvalue weighted by molar-refractivity contribution is 5.87. The molecule has 0 spiro atoms. The zero-order valence-corrected chi connectivity index (χ0v) is 19.6. The molecule has 0 aliphatic rings. The van der Waals surface area contributed by atoms with E-state index in [9.17, 15) is 9.59 Å². The quantitative estimate of drug-likeness (QED) is 0.121. The van der Waals surface area contributed by atoms with Crippen LogP contribution in [0.4, 0.5) is 0 Å². The van der Waals surface area contributed by atoms with Crippen LogP contribution < -0.4 is 38.9 Å². The van der Waals surface area contributed by atoms with Gasteiger partial charge in [-0.1, -0.05) is 27.7 Å². The van der Waals surface area contributed by atoms with Gasteiger partial charge >= 0.3 is 0 Å². The van der Waals surface area contributed by atoms with Crippen LogP contribution in [-0.2, 0) is 9.59 Å². The van der Waals surface area contributed by atoms with Gasteiger partial charge in [-0.05, 0) is 39.7 Å². The number of aliphatic imine (C=N–C) groups is 2. The normalized spacial score (nSPS) is 10.4. The summed E-state index contributed by atoms with van der Waals surface area (Å²) in [5, 5.41) is 8.42. The number of carbonyl (C=O) groups excluding carboxylic acids is 2. The highest BCUT2D eigenvalue weighted by Crippen LogP contribution is 1.98. The van der Waals surface area contributed by atoms with Crippen LogP contribution in [0.15, 0.2) is 9.98 Å². The van der Waals surface area contributed by atoms with Gasteiger partial charge in [0.25, 0.3) is 0 Å². The minimum Gasteiger partial charge on any atom is -0.370 e. The third-order valence-electron chi connectivity index (χ3n) is 3.10. The summed E-state index contributed by atoms with van der Waals surface area (Å²) in [6.45, 7) is 13.5. The first kappa shape index (κ1) is 32.1. The Morgan fingerprint density at radius 3 is 1.87 bits per heavy atom. The molecule has 11 nitrogen and oxygen atoms in total. The van der Waals surface area contributed by atoms with E-state index in [1.54, 1.807) is 0 Å². The monoisotopic (exact) mass is 431 g/mol. The second-order valence-corrected chi connectivity index (χ2v) is 6.31. The molecule has 1 unspecified atom stereocenters. The van der Waals surface area contributed by atoms with Crippen molar-refractivity contribution in [3.63, 3.8) is 0 Å². The molecule has 0 aliphatic heterocycles. The molecule has 0 aliphatic carbocycles. The van der Waals surface area contributed by atoms with Crippen LogP contribution in [0.5, 0.6) is 0 Å². The standard InChI is InChI=1S/C13H28N6O2.C4H11N3.C2H6/c1-4-16-10(6-5-7-17-13(14)15)12(21)18-8-11(20)19-9(2)3;1-2-3-7-4(5)6;1-2/h9-10,16H,4-8H2,1-3H3,(H,18,21)(H,19,20)(H4,14,15,17);2-3H2,1H3,(H4,5,6,7);1-2H3. The summed E-state index contributed by atoms with van der Waals surface area (Å²) in [7, 11) is 0. The number of likely N-dealkylation sites (N-methyl/N-ethyl adjacent to an activating group) is 1. The Bertz CT molecular complexity index is 486. The Kier molecular flexibility index (Phi) is 24.3. The summed E-state index contributed by atoms with van der Waals surface area (Å²) in [5.74, 6) is -0.166. The van der Waals surface area contributed by atoms with E-state index >= 15 is 0 Å². The Morgan fingerprint density at radius 2 is 1.47 bits per heavy atom. The molecule has 0 saturated carbocycles. The summed E-state index contributed by atoms with van der Waals surface area (Å²) in [6.07, 6.45) is 2.28. The predicted molar refractivity (Wildman–Crippen MR) is 126 cm³/mol. The van der Waals surface area contributed by atoms with Crippen LogP contribution in [0.25, 0.3) is 0 Å². The summed E-state index contributed by atoms with van der Waals surface area (Å²) in [6, 6.07) is -0.297. The van der Waals surface area contributed by atoms with Crippen molar-refractivity contribution in [3.8, 4) is 0 Å². The van der Waals surface area contributed by atoms with E-state index in [4.69, 9.17) is 22.9 Å². The summed E-state index contributed by atoms with van der Waals surface area (Å²) in [4.78, 5) is 31.1. The maximum Gasteiger partial charge on any atom is 0.239 e. The predicted octanol–water partition coefficient (Wildman–Crippen LogP) is -0.645. The van der Waals surface area contributed by atoms with Gasteiger partial charge < -0.3 is 38.9 Å². The molecule has 0 aromatic rings. The van der Waals surface area contributed by atoms with Gasteiger partial charge in [0, 0.05) is 19.1 Å². The largest absolute Gasteiger partial charge is 0.370 e. The Balaban J connectivity index is -0.000000680. The van der Waals surface area contributed by atoms with Crippen molar-refractivity contribution in [2.75, 3.05) is 26.2 Å². The minimum atomic E-state index is -0.351. The number of hydrogen-bond acceptors (Lipinski definition) is 5. The van der Waals surface area contributed by atoms with Gasteiger partial charge in [0.1, 0.15) is 0 Å². The molecule has 0 bridgehead atoms. The highest BCUT2D eigenvalue weighted by atomic mass is 16.2. The zero-order chi connectivity index (χ0) is 23.9. The molecule has 11 heteroatoms. The van der Waals surface area contributed by atoms with Crippen molar-refractivity contribution in [1.82, 2.24) is 16.0 Å². The fraction of sp³-hybridized carbons (Fsp3) is 0.789. The number of nitrogens with zero attached hydrogens (tertiary/aromatic N) is 2. The summed E-state index contributed by atoms with van der Waals surface area (Å²) < 4.78 is 0. The van der Waals surface area contributed by atoms with Crippen molar-refractivity contribution in [1.29, 1.82) is 0 Å². The third-order valence-corrected chi connectivity index (χ3v) is 3.10. The lowest BCUT2D eigenvalue weighted by molar-refractivity contribution is -0.127. The van der Waals surface area contributed by atoms with E-state index in [0.717, 1.165) is 13.0 Å². The van der Waals surface area contributed by atoms with Gasteiger partial charge in [-0.3, -0.25) is 19.6 Å². The molecule has 0 rings (SSSR count). The molecule has 178 valence electrons. The van der Waals surface area contributed by atoms with Gasteiger partial charge in [0.05, 0.1) is 12.6 Å². The Hall–Kier alpha value is -2.56. The zero-order valence-electron chi connectivity index (χ0n) is 19.6. The van der Waals surface area contributed by atoms with Crippen LogP contribution in [-0.4, -0.2) is 62.0 Å². The lowest BCUT2D eigenvalue weighted by atomic mass is 10.1. The number of guanidine groups is 2. The van der Waals surface area contributed by atoms with E-state index in [2.05, 4.69) is 25.9 Å². The molecular weight excluding hydrogens is 386 g/mol. The van der Waals surface area contributed by atoms with Crippen molar-refractivity contribution < 1.29 is 9.59 Å². The third kappa shape index (κ3) is 25.4. The first-order valence-electron chi connectivity index (χ1n) is 10.5. The lowest BCUT2D eigenvalue weighted by Crippen LogP contribution is -2.48. The molecule has 0 aromatic carbocycles.